The first-order valence-corrected chi connectivity index (χ1v) is 8.30. The number of halogens is 6. The van der Waals surface area contributed by atoms with Gasteiger partial charge in [-0.3, -0.25) is 4.79 Å². The van der Waals surface area contributed by atoms with Gasteiger partial charge in [0, 0.05) is 37.9 Å². The average Bonchev–Trinajstić information content (AvgIpc) is 2.66. The molecule has 0 aliphatic carbocycles. The fourth-order valence-corrected chi connectivity index (χ4v) is 2.94. The lowest BCUT2D eigenvalue weighted by atomic mass is 10.0. The zero-order valence-corrected chi connectivity index (χ0v) is 14.4. The molecule has 3 rings (SSSR count). The molecule has 10 heteroatoms. The lowest BCUT2D eigenvalue weighted by Gasteiger charge is -2.35. The monoisotopic (exact) mass is 403 g/mol. The molecule has 4 nitrogen and oxygen atoms in total. The summed E-state index contributed by atoms with van der Waals surface area (Å²) < 4.78 is 77.8. The normalized spacial score (nSPS) is 15.6. The van der Waals surface area contributed by atoms with Gasteiger partial charge in [0.1, 0.15) is 5.82 Å². The predicted molar refractivity (Wildman–Crippen MR) is 88.8 cm³/mol. The topological polar surface area (TPSA) is 36.4 Å². The van der Waals surface area contributed by atoms with Gasteiger partial charge in [-0.2, -0.15) is 26.3 Å². The highest BCUT2D eigenvalue weighted by Crippen LogP contribution is 2.36. The van der Waals surface area contributed by atoms with Crippen LogP contribution in [-0.4, -0.2) is 42.0 Å². The summed E-state index contributed by atoms with van der Waals surface area (Å²) in [7, 11) is 0. The third kappa shape index (κ3) is 4.37. The molecular formula is C18H15F6N3O. The van der Waals surface area contributed by atoms with E-state index in [4.69, 9.17) is 0 Å². The van der Waals surface area contributed by atoms with Crippen LogP contribution in [0, 0.1) is 0 Å². The third-order valence-corrected chi connectivity index (χ3v) is 4.37. The minimum Gasteiger partial charge on any atom is -0.353 e. The van der Waals surface area contributed by atoms with E-state index >= 15 is 0 Å². The Labute approximate surface area is 156 Å². The van der Waals surface area contributed by atoms with E-state index in [1.54, 1.807) is 24.4 Å². The van der Waals surface area contributed by atoms with E-state index in [-0.39, 0.29) is 19.2 Å². The van der Waals surface area contributed by atoms with Crippen LogP contribution in [0.5, 0.6) is 0 Å². The van der Waals surface area contributed by atoms with Crippen LogP contribution >= 0.6 is 0 Å². The van der Waals surface area contributed by atoms with Crippen LogP contribution in [0.25, 0.3) is 0 Å². The zero-order valence-electron chi connectivity index (χ0n) is 14.4. The van der Waals surface area contributed by atoms with Crippen molar-refractivity contribution in [3.05, 3.63) is 59.3 Å². The molecule has 0 spiro atoms. The second-order valence-electron chi connectivity index (χ2n) is 6.26. The lowest BCUT2D eigenvalue weighted by Crippen LogP contribution is -2.49. The van der Waals surface area contributed by atoms with Crippen LogP contribution in [0.4, 0.5) is 32.2 Å². The Kier molecular flexibility index (Phi) is 5.22. The highest BCUT2D eigenvalue weighted by Gasteiger charge is 2.38. The molecule has 1 aliphatic rings. The largest absolute Gasteiger partial charge is 0.416 e. The van der Waals surface area contributed by atoms with Gasteiger partial charge in [-0.1, -0.05) is 6.07 Å². The number of hydrogen-bond acceptors (Lipinski definition) is 3. The van der Waals surface area contributed by atoms with Gasteiger partial charge >= 0.3 is 12.4 Å². The van der Waals surface area contributed by atoms with E-state index in [0.29, 0.717) is 31.0 Å². The number of rotatable bonds is 2. The fourth-order valence-electron chi connectivity index (χ4n) is 2.94. The van der Waals surface area contributed by atoms with Crippen LogP contribution in [-0.2, 0) is 12.4 Å². The molecule has 2 heterocycles. The van der Waals surface area contributed by atoms with Crippen molar-refractivity contribution in [1.29, 1.82) is 0 Å². The number of amides is 1. The molecule has 1 fully saturated rings. The molecule has 0 bridgehead atoms. The fraction of sp³-hybridized carbons (Fsp3) is 0.333. The molecule has 0 radical (unpaired) electrons. The standard InChI is InChI=1S/C18H15F6N3O/c19-17(20,21)13-9-12(10-14(11-13)18(22,23)24)16(28)27-7-5-26(6-8-27)15-3-1-2-4-25-15/h1-4,9-11H,5-8H2. The first kappa shape index (κ1) is 20.0. The molecule has 1 aliphatic heterocycles. The number of carbonyl (C=O) groups excluding carboxylic acids is 1. The van der Waals surface area contributed by atoms with E-state index in [1.165, 1.54) is 4.90 Å². The number of aromatic nitrogens is 1. The highest BCUT2D eigenvalue weighted by molar-refractivity contribution is 5.95. The van der Waals surface area contributed by atoms with Crippen LogP contribution in [0.1, 0.15) is 21.5 Å². The van der Waals surface area contributed by atoms with E-state index in [0.717, 1.165) is 0 Å². The van der Waals surface area contributed by atoms with Gasteiger partial charge in [0.25, 0.3) is 5.91 Å². The van der Waals surface area contributed by atoms with Crippen molar-refractivity contribution in [3.8, 4) is 0 Å². The molecule has 1 aromatic carbocycles. The number of carbonyl (C=O) groups is 1. The first-order valence-electron chi connectivity index (χ1n) is 8.30. The maximum Gasteiger partial charge on any atom is 0.416 e. The van der Waals surface area contributed by atoms with Crippen molar-refractivity contribution in [2.24, 2.45) is 0 Å². The smallest absolute Gasteiger partial charge is 0.353 e. The van der Waals surface area contributed by atoms with Crippen LogP contribution in [0.3, 0.4) is 0 Å². The molecule has 0 saturated carbocycles. The molecule has 2 aromatic rings. The number of piperazine rings is 1. The van der Waals surface area contributed by atoms with Crippen LogP contribution < -0.4 is 4.90 Å². The summed E-state index contributed by atoms with van der Waals surface area (Å²) in [6.45, 7) is 1.06. The summed E-state index contributed by atoms with van der Waals surface area (Å²) >= 11 is 0. The average molecular weight is 403 g/mol. The number of anilines is 1. The lowest BCUT2D eigenvalue weighted by molar-refractivity contribution is -0.143. The van der Waals surface area contributed by atoms with Gasteiger partial charge in [0.2, 0.25) is 0 Å². The SMILES string of the molecule is O=C(c1cc(C(F)(F)F)cc(C(F)(F)F)c1)N1CCN(c2ccccn2)CC1. The second kappa shape index (κ2) is 7.33. The Hall–Kier alpha value is -2.78. The molecule has 0 atom stereocenters. The van der Waals surface area contributed by atoms with Crippen molar-refractivity contribution in [2.75, 3.05) is 31.1 Å². The van der Waals surface area contributed by atoms with Crippen molar-refractivity contribution in [3.63, 3.8) is 0 Å². The summed E-state index contributed by atoms with van der Waals surface area (Å²) in [4.78, 5) is 19.9. The summed E-state index contributed by atoms with van der Waals surface area (Å²) in [5, 5.41) is 0. The van der Waals surface area contributed by atoms with Crippen LogP contribution in [0.15, 0.2) is 42.6 Å². The first-order chi connectivity index (χ1) is 13.1. The Morgan fingerprint density at radius 2 is 1.43 bits per heavy atom. The Bertz CT molecular complexity index is 810. The van der Waals surface area contributed by atoms with Gasteiger partial charge in [-0.05, 0) is 30.3 Å². The van der Waals surface area contributed by atoms with Gasteiger partial charge < -0.3 is 9.80 Å². The van der Waals surface area contributed by atoms with E-state index in [9.17, 15) is 31.1 Å². The maximum atomic E-state index is 13.0. The minimum atomic E-state index is -4.99. The van der Waals surface area contributed by atoms with Crippen molar-refractivity contribution < 1.29 is 31.1 Å². The number of pyridine rings is 1. The molecule has 28 heavy (non-hydrogen) atoms. The van der Waals surface area contributed by atoms with E-state index in [1.807, 2.05) is 4.90 Å². The number of hydrogen-bond donors (Lipinski definition) is 0. The second-order valence-corrected chi connectivity index (χ2v) is 6.26. The van der Waals surface area contributed by atoms with Crippen molar-refractivity contribution >= 4 is 11.7 Å². The van der Waals surface area contributed by atoms with Crippen LogP contribution in [0.2, 0.25) is 0 Å². The predicted octanol–water partition coefficient (Wildman–Crippen LogP) is 4.08. The molecule has 150 valence electrons. The summed E-state index contributed by atoms with van der Waals surface area (Å²) in [6, 6.07) is 6.25. The summed E-state index contributed by atoms with van der Waals surface area (Å²) in [5.74, 6) is -0.176. The highest BCUT2D eigenvalue weighted by atomic mass is 19.4. The van der Waals surface area contributed by atoms with Gasteiger partial charge in [0.15, 0.2) is 0 Å². The van der Waals surface area contributed by atoms with Gasteiger partial charge in [0.05, 0.1) is 11.1 Å². The van der Waals surface area contributed by atoms with Crippen molar-refractivity contribution in [1.82, 2.24) is 9.88 Å². The number of benzene rings is 1. The molecule has 1 aromatic heterocycles. The Balaban J connectivity index is 1.81. The quantitative estimate of drug-likeness (QED) is 0.709. The molecule has 1 amide bonds. The Morgan fingerprint density at radius 1 is 0.857 bits per heavy atom. The summed E-state index contributed by atoms with van der Waals surface area (Å²) in [5.41, 5.74) is -3.64. The van der Waals surface area contributed by atoms with Crippen molar-refractivity contribution in [2.45, 2.75) is 12.4 Å². The third-order valence-electron chi connectivity index (χ3n) is 4.37. The number of nitrogens with zero attached hydrogens (tertiary/aromatic N) is 3. The molecule has 0 N–H and O–H groups in total. The van der Waals surface area contributed by atoms with E-state index in [2.05, 4.69) is 4.98 Å². The Morgan fingerprint density at radius 3 is 1.89 bits per heavy atom. The zero-order chi connectivity index (χ0) is 20.5. The maximum absolute atomic E-state index is 13.0. The molecule has 0 unspecified atom stereocenters. The number of alkyl halides is 6. The van der Waals surface area contributed by atoms with E-state index < -0.39 is 35.0 Å². The van der Waals surface area contributed by atoms with Gasteiger partial charge in [-0.25, -0.2) is 4.98 Å². The minimum absolute atomic E-state index is 0.00971. The molecular weight excluding hydrogens is 388 g/mol. The summed E-state index contributed by atoms with van der Waals surface area (Å²) in [6.07, 6.45) is -8.38. The van der Waals surface area contributed by atoms with Gasteiger partial charge in [-0.15, -0.1) is 0 Å². The molecule has 1 saturated heterocycles.